The highest BCUT2D eigenvalue weighted by atomic mass is 19.1. The van der Waals surface area contributed by atoms with Crippen molar-refractivity contribution in [2.24, 2.45) is 12.9 Å². The maximum absolute atomic E-state index is 13.6. The van der Waals surface area contributed by atoms with Gasteiger partial charge in [-0.15, -0.1) is 5.10 Å². The van der Waals surface area contributed by atoms with Gasteiger partial charge in [-0.25, -0.2) is 8.78 Å². The summed E-state index contributed by atoms with van der Waals surface area (Å²) in [6, 6.07) is 2.91. The van der Waals surface area contributed by atoms with Crippen molar-refractivity contribution in [3.8, 4) is 0 Å². The average Bonchev–Trinajstić information content (AvgIpc) is 2.72. The molecule has 1 heterocycles. The molecule has 0 aliphatic rings. The number of aromatic nitrogens is 3. The monoisotopic (exact) mass is 253 g/mol. The third-order valence-electron chi connectivity index (χ3n) is 2.60. The summed E-state index contributed by atoms with van der Waals surface area (Å²) in [6.07, 6.45) is 2.08. The third-order valence-corrected chi connectivity index (χ3v) is 2.60. The Labute approximate surface area is 103 Å². The summed E-state index contributed by atoms with van der Waals surface area (Å²) in [7, 11) is 1.74. The number of benzene rings is 1. The Kier molecular flexibility index (Phi) is 3.63. The van der Waals surface area contributed by atoms with Gasteiger partial charge in [0.1, 0.15) is 11.6 Å². The van der Waals surface area contributed by atoms with Gasteiger partial charge >= 0.3 is 0 Å². The zero-order chi connectivity index (χ0) is 13.1. The van der Waals surface area contributed by atoms with Crippen LogP contribution in [0.1, 0.15) is 17.3 Å². The summed E-state index contributed by atoms with van der Waals surface area (Å²) < 4.78 is 28.0. The highest BCUT2D eigenvalue weighted by Crippen LogP contribution is 2.20. The van der Waals surface area contributed by atoms with Crippen molar-refractivity contribution in [3.05, 3.63) is 47.3 Å². The van der Waals surface area contributed by atoms with E-state index < -0.39 is 17.7 Å². The summed E-state index contributed by atoms with van der Waals surface area (Å²) in [5.74, 6) is 4.14. The Bertz CT molecular complexity index is 540. The first-order valence-electron chi connectivity index (χ1n) is 5.36. The van der Waals surface area contributed by atoms with Crippen LogP contribution in [-0.2, 0) is 13.5 Å². The fraction of sp³-hybridized carbons (Fsp3) is 0.273. The van der Waals surface area contributed by atoms with Crippen LogP contribution in [0, 0.1) is 11.6 Å². The number of nitrogens with one attached hydrogen (secondary N) is 1. The second-order valence-electron chi connectivity index (χ2n) is 3.97. The standard InChI is InChI=1S/C11H13F2N5/c1-18-6-8(16-17-18)5-11(15-14)9-3-2-7(12)4-10(9)13/h2-4,6,11,15H,5,14H2,1H3. The molecule has 0 fully saturated rings. The molecule has 0 amide bonds. The molecule has 0 aliphatic heterocycles. The number of nitrogens with zero attached hydrogens (tertiary/aromatic N) is 3. The van der Waals surface area contributed by atoms with Crippen LogP contribution in [0.15, 0.2) is 24.4 Å². The summed E-state index contributed by atoms with van der Waals surface area (Å²) >= 11 is 0. The summed E-state index contributed by atoms with van der Waals surface area (Å²) in [4.78, 5) is 0. The molecule has 18 heavy (non-hydrogen) atoms. The molecule has 0 spiro atoms. The fourth-order valence-corrected chi connectivity index (χ4v) is 1.74. The maximum atomic E-state index is 13.6. The third kappa shape index (κ3) is 2.69. The van der Waals surface area contributed by atoms with Crippen molar-refractivity contribution in [1.82, 2.24) is 20.4 Å². The Hall–Kier alpha value is -1.86. The van der Waals surface area contributed by atoms with Crippen molar-refractivity contribution < 1.29 is 8.78 Å². The molecule has 0 saturated carbocycles. The first-order chi connectivity index (χ1) is 8.60. The second kappa shape index (κ2) is 5.19. The van der Waals surface area contributed by atoms with Crippen molar-refractivity contribution in [1.29, 1.82) is 0 Å². The largest absolute Gasteiger partial charge is 0.271 e. The average molecular weight is 253 g/mol. The van der Waals surface area contributed by atoms with Gasteiger partial charge in [0.25, 0.3) is 0 Å². The second-order valence-corrected chi connectivity index (χ2v) is 3.97. The highest BCUT2D eigenvalue weighted by Gasteiger charge is 2.17. The molecule has 3 N–H and O–H groups in total. The number of hydrogen-bond acceptors (Lipinski definition) is 4. The van der Waals surface area contributed by atoms with Crippen molar-refractivity contribution in [3.63, 3.8) is 0 Å². The Morgan fingerprint density at radius 1 is 1.44 bits per heavy atom. The lowest BCUT2D eigenvalue weighted by atomic mass is 10.0. The Morgan fingerprint density at radius 3 is 2.78 bits per heavy atom. The van der Waals surface area contributed by atoms with Gasteiger partial charge in [0.2, 0.25) is 0 Å². The van der Waals surface area contributed by atoms with Gasteiger partial charge in [-0.2, -0.15) is 0 Å². The molecule has 1 atom stereocenters. The van der Waals surface area contributed by atoms with E-state index >= 15 is 0 Å². The van der Waals surface area contributed by atoms with Crippen molar-refractivity contribution in [2.45, 2.75) is 12.5 Å². The molecule has 0 aliphatic carbocycles. The number of rotatable bonds is 4. The fourth-order valence-electron chi connectivity index (χ4n) is 1.74. The Balaban J connectivity index is 2.22. The van der Waals surface area contributed by atoms with Gasteiger partial charge in [0, 0.05) is 31.3 Å². The highest BCUT2D eigenvalue weighted by molar-refractivity contribution is 5.23. The number of halogens is 2. The van der Waals surface area contributed by atoms with Crippen LogP contribution in [0.3, 0.4) is 0 Å². The van der Waals surface area contributed by atoms with Crippen LogP contribution < -0.4 is 11.3 Å². The maximum Gasteiger partial charge on any atom is 0.130 e. The van der Waals surface area contributed by atoms with Gasteiger partial charge in [-0.05, 0) is 6.07 Å². The number of hydrazine groups is 1. The lowest BCUT2D eigenvalue weighted by molar-refractivity contribution is 0.499. The molecule has 1 unspecified atom stereocenters. The van der Waals surface area contributed by atoms with Gasteiger partial charge < -0.3 is 0 Å². The smallest absolute Gasteiger partial charge is 0.130 e. The van der Waals surface area contributed by atoms with Gasteiger partial charge in [-0.3, -0.25) is 16.0 Å². The van der Waals surface area contributed by atoms with E-state index in [1.54, 1.807) is 17.9 Å². The molecule has 2 rings (SSSR count). The number of aryl methyl sites for hydroxylation is 1. The van der Waals surface area contributed by atoms with Crippen molar-refractivity contribution >= 4 is 0 Å². The molecular weight excluding hydrogens is 240 g/mol. The molecule has 0 radical (unpaired) electrons. The summed E-state index contributed by atoms with van der Waals surface area (Å²) in [6.45, 7) is 0. The van der Waals surface area contributed by atoms with E-state index in [9.17, 15) is 8.78 Å². The number of nitrogens with two attached hydrogens (primary N) is 1. The molecule has 2 aromatic rings. The van der Waals surface area contributed by atoms with Gasteiger partial charge in [0.15, 0.2) is 0 Å². The van der Waals surface area contributed by atoms with E-state index in [2.05, 4.69) is 15.7 Å². The molecule has 5 nitrogen and oxygen atoms in total. The lowest BCUT2D eigenvalue weighted by Crippen LogP contribution is -2.30. The normalized spacial score (nSPS) is 12.7. The number of hydrogen-bond donors (Lipinski definition) is 2. The molecule has 96 valence electrons. The molecule has 7 heteroatoms. The zero-order valence-electron chi connectivity index (χ0n) is 9.77. The molecule has 0 saturated heterocycles. The lowest BCUT2D eigenvalue weighted by Gasteiger charge is -2.15. The van der Waals surface area contributed by atoms with Crippen LogP contribution in [0.25, 0.3) is 0 Å². The van der Waals surface area contributed by atoms with E-state index in [4.69, 9.17) is 5.84 Å². The first kappa shape index (κ1) is 12.6. The zero-order valence-corrected chi connectivity index (χ0v) is 9.77. The summed E-state index contributed by atoms with van der Waals surface area (Å²) in [5.41, 5.74) is 3.46. The van der Waals surface area contributed by atoms with Crippen LogP contribution in [0.4, 0.5) is 8.78 Å². The van der Waals surface area contributed by atoms with E-state index in [1.165, 1.54) is 12.1 Å². The van der Waals surface area contributed by atoms with Crippen LogP contribution in [0.5, 0.6) is 0 Å². The predicted octanol–water partition coefficient (Wildman–Crippen LogP) is 0.840. The van der Waals surface area contributed by atoms with Crippen LogP contribution in [-0.4, -0.2) is 15.0 Å². The molecular formula is C11H13F2N5. The molecule has 1 aromatic heterocycles. The van der Waals surface area contributed by atoms with E-state index in [1.807, 2.05) is 0 Å². The minimum atomic E-state index is -0.637. The topological polar surface area (TPSA) is 68.8 Å². The van der Waals surface area contributed by atoms with E-state index in [0.717, 1.165) is 6.07 Å². The molecule has 1 aromatic carbocycles. The van der Waals surface area contributed by atoms with E-state index in [-0.39, 0.29) is 0 Å². The van der Waals surface area contributed by atoms with Gasteiger partial charge in [0.05, 0.1) is 11.7 Å². The predicted molar refractivity (Wildman–Crippen MR) is 61.1 cm³/mol. The van der Waals surface area contributed by atoms with Crippen LogP contribution in [0.2, 0.25) is 0 Å². The van der Waals surface area contributed by atoms with Gasteiger partial charge in [-0.1, -0.05) is 11.3 Å². The first-order valence-corrected chi connectivity index (χ1v) is 5.36. The van der Waals surface area contributed by atoms with E-state index in [0.29, 0.717) is 17.7 Å². The minimum absolute atomic E-state index is 0.296. The quantitative estimate of drug-likeness (QED) is 0.626. The summed E-state index contributed by atoms with van der Waals surface area (Å²) in [5, 5.41) is 7.68. The Morgan fingerprint density at radius 2 is 2.22 bits per heavy atom. The minimum Gasteiger partial charge on any atom is -0.271 e. The van der Waals surface area contributed by atoms with Crippen molar-refractivity contribution in [2.75, 3.05) is 0 Å². The SMILES string of the molecule is Cn1cc(CC(NN)c2ccc(F)cc2F)nn1. The van der Waals surface area contributed by atoms with Crippen LogP contribution >= 0.6 is 0 Å². The molecule has 0 bridgehead atoms.